The fourth-order valence-corrected chi connectivity index (χ4v) is 2.01. The summed E-state index contributed by atoms with van der Waals surface area (Å²) in [7, 11) is -1.45. The van der Waals surface area contributed by atoms with E-state index in [-0.39, 0.29) is 5.56 Å². The van der Waals surface area contributed by atoms with Gasteiger partial charge >= 0.3 is 0 Å². The Morgan fingerprint density at radius 3 is 2.45 bits per heavy atom. The Morgan fingerprint density at radius 2 is 1.95 bits per heavy atom. The van der Waals surface area contributed by atoms with Crippen molar-refractivity contribution in [1.82, 2.24) is 0 Å². The number of rotatable bonds is 4. The molecule has 0 fully saturated rings. The highest BCUT2D eigenvalue weighted by Crippen LogP contribution is 2.28. The number of aliphatic hydroxyl groups excluding tert-OH is 1. The van der Waals surface area contributed by atoms with Gasteiger partial charge < -0.3 is 5.11 Å². The lowest BCUT2D eigenvalue weighted by Crippen LogP contribution is -2.21. The Hall–Kier alpha value is -1.14. The second-order valence-electron chi connectivity index (χ2n) is 5.48. The van der Waals surface area contributed by atoms with Crippen molar-refractivity contribution < 1.29 is 18.1 Å². The Labute approximate surface area is 120 Å². The standard InChI is InChI=1S/C14H19F2NO2S/c1-10(17-20(19)13(2,3)4)11-6-5-7-12(8-11)14(15,16)9-18/h5-8,18H,9H2,1-4H3/t20-/m1/s1. The normalized spacial score (nSPS) is 15.2. The molecule has 0 bridgehead atoms. The van der Waals surface area contributed by atoms with Crippen molar-refractivity contribution in [2.24, 2.45) is 4.40 Å². The molecule has 112 valence electrons. The van der Waals surface area contributed by atoms with Crippen LogP contribution in [0.25, 0.3) is 0 Å². The van der Waals surface area contributed by atoms with Gasteiger partial charge in [0, 0.05) is 5.56 Å². The summed E-state index contributed by atoms with van der Waals surface area (Å²) < 4.78 is 42.3. The average Bonchev–Trinajstić information content (AvgIpc) is 2.37. The van der Waals surface area contributed by atoms with Crippen molar-refractivity contribution in [3.63, 3.8) is 0 Å². The van der Waals surface area contributed by atoms with Crippen LogP contribution in [0.5, 0.6) is 0 Å². The first-order valence-electron chi connectivity index (χ1n) is 6.15. The Balaban J connectivity index is 3.13. The maximum Gasteiger partial charge on any atom is 0.295 e. The quantitative estimate of drug-likeness (QED) is 0.869. The molecule has 1 aromatic rings. The minimum absolute atomic E-state index is 0.284. The summed E-state index contributed by atoms with van der Waals surface area (Å²) in [6.45, 7) is 5.74. The van der Waals surface area contributed by atoms with E-state index in [1.807, 2.05) is 0 Å². The molecule has 0 spiro atoms. The van der Waals surface area contributed by atoms with E-state index >= 15 is 0 Å². The SMILES string of the molecule is CC(=N[S@](=O)C(C)(C)C)c1cccc(C(F)(F)CO)c1. The lowest BCUT2D eigenvalue weighted by Gasteiger charge is -2.16. The van der Waals surface area contributed by atoms with E-state index in [4.69, 9.17) is 5.11 Å². The van der Waals surface area contributed by atoms with Gasteiger partial charge in [-0.1, -0.05) is 18.2 Å². The van der Waals surface area contributed by atoms with Gasteiger partial charge in [-0.25, -0.2) is 4.21 Å². The number of benzene rings is 1. The summed E-state index contributed by atoms with van der Waals surface area (Å²) in [5, 5.41) is 8.70. The minimum Gasteiger partial charge on any atom is -0.390 e. The number of hydrogen-bond acceptors (Lipinski definition) is 2. The van der Waals surface area contributed by atoms with E-state index in [2.05, 4.69) is 4.40 Å². The number of nitrogens with zero attached hydrogens (tertiary/aromatic N) is 1. The van der Waals surface area contributed by atoms with Crippen LogP contribution in [0.15, 0.2) is 28.7 Å². The maximum atomic E-state index is 13.4. The molecule has 0 amide bonds. The first kappa shape index (κ1) is 16.9. The van der Waals surface area contributed by atoms with Gasteiger partial charge in [0.15, 0.2) is 0 Å². The van der Waals surface area contributed by atoms with Crippen molar-refractivity contribution >= 4 is 16.7 Å². The molecule has 0 aliphatic carbocycles. The van der Waals surface area contributed by atoms with Crippen molar-refractivity contribution in [3.8, 4) is 0 Å². The van der Waals surface area contributed by atoms with E-state index in [1.54, 1.807) is 33.8 Å². The van der Waals surface area contributed by atoms with Gasteiger partial charge in [0.1, 0.15) is 17.6 Å². The summed E-state index contributed by atoms with van der Waals surface area (Å²) in [6, 6.07) is 5.59. The zero-order valence-electron chi connectivity index (χ0n) is 12.0. The average molecular weight is 303 g/mol. The predicted octanol–water partition coefficient (Wildman–Crippen LogP) is 3.04. The van der Waals surface area contributed by atoms with Crippen LogP contribution in [0.2, 0.25) is 0 Å². The van der Waals surface area contributed by atoms with E-state index < -0.39 is 28.3 Å². The fourth-order valence-electron chi connectivity index (χ4n) is 1.38. The molecule has 0 unspecified atom stereocenters. The van der Waals surface area contributed by atoms with Gasteiger partial charge in [0.2, 0.25) is 0 Å². The van der Waals surface area contributed by atoms with Crippen LogP contribution in [0, 0.1) is 0 Å². The number of halogens is 2. The molecule has 1 aromatic carbocycles. The van der Waals surface area contributed by atoms with Crippen molar-refractivity contribution in [2.75, 3.05) is 6.61 Å². The van der Waals surface area contributed by atoms with Crippen LogP contribution < -0.4 is 0 Å². The van der Waals surface area contributed by atoms with Crippen LogP contribution >= 0.6 is 0 Å². The fraction of sp³-hybridized carbons (Fsp3) is 0.500. The maximum absolute atomic E-state index is 13.4. The third-order valence-corrected chi connectivity index (χ3v) is 4.13. The Bertz CT molecular complexity index is 536. The van der Waals surface area contributed by atoms with E-state index in [0.29, 0.717) is 11.3 Å². The summed E-state index contributed by atoms with van der Waals surface area (Å²) >= 11 is 0. The Kier molecular flexibility index (Phi) is 5.15. The highest BCUT2D eigenvalue weighted by molar-refractivity contribution is 7.85. The summed E-state index contributed by atoms with van der Waals surface area (Å²) in [5.74, 6) is -3.29. The van der Waals surface area contributed by atoms with Crippen LogP contribution in [-0.2, 0) is 16.9 Å². The number of hydrogen-bond donors (Lipinski definition) is 1. The molecule has 0 aliphatic heterocycles. The van der Waals surface area contributed by atoms with Gasteiger partial charge in [-0.05, 0) is 39.3 Å². The molecule has 0 aliphatic rings. The predicted molar refractivity (Wildman–Crippen MR) is 77.5 cm³/mol. The Morgan fingerprint density at radius 1 is 1.35 bits per heavy atom. The van der Waals surface area contributed by atoms with Crippen molar-refractivity contribution in [3.05, 3.63) is 35.4 Å². The molecule has 20 heavy (non-hydrogen) atoms. The summed E-state index contributed by atoms with van der Waals surface area (Å²) in [5.41, 5.74) is 0.607. The minimum atomic E-state index is -3.29. The second-order valence-corrected chi connectivity index (χ2v) is 7.39. The summed E-state index contributed by atoms with van der Waals surface area (Å²) in [4.78, 5) is 0. The first-order valence-corrected chi connectivity index (χ1v) is 7.25. The first-order chi connectivity index (χ1) is 9.08. The highest BCUT2D eigenvalue weighted by Gasteiger charge is 2.30. The molecular weight excluding hydrogens is 284 g/mol. The second kappa shape index (κ2) is 6.10. The van der Waals surface area contributed by atoms with Crippen LogP contribution in [0.4, 0.5) is 8.78 Å². The van der Waals surface area contributed by atoms with Crippen LogP contribution in [-0.4, -0.2) is 26.4 Å². The van der Waals surface area contributed by atoms with Gasteiger partial charge in [-0.3, -0.25) is 0 Å². The zero-order valence-corrected chi connectivity index (χ0v) is 12.8. The number of alkyl halides is 2. The molecule has 3 nitrogen and oxygen atoms in total. The largest absolute Gasteiger partial charge is 0.390 e. The molecule has 1 rings (SSSR count). The van der Waals surface area contributed by atoms with Crippen LogP contribution in [0.1, 0.15) is 38.8 Å². The third-order valence-electron chi connectivity index (χ3n) is 2.64. The van der Waals surface area contributed by atoms with E-state index in [0.717, 1.165) is 0 Å². The molecule has 0 radical (unpaired) electrons. The van der Waals surface area contributed by atoms with E-state index in [9.17, 15) is 13.0 Å². The molecule has 0 saturated heterocycles. The lowest BCUT2D eigenvalue weighted by molar-refractivity contribution is -0.0556. The zero-order chi connectivity index (χ0) is 15.6. The van der Waals surface area contributed by atoms with Crippen molar-refractivity contribution in [2.45, 2.75) is 38.4 Å². The molecule has 0 aromatic heterocycles. The van der Waals surface area contributed by atoms with E-state index in [1.165, 1.54) is 18.2 Å². The highest BCUT2D eigenvalue weighted by atomic mass is 32.2. The smallest absolute Gasteiger partial charge is 0.295 e. The lowest BCUT2D eigenvalue weighted by atomic mass is 10.0. The molecule has 6 heteroatoms. The van der Waals surface area contributed by atoms with Gasteiger partial charge in [0.05, 0.1) is 10.5 Å². The topological polar surface area (TPSA) is 49.7 Å². The third kappa shape index (κ3) is 4.18. The molecule has 1 N–H and O–H groups in total. The van der Waals surface area contributed by atoms with Gasteiger partial charge in [-0.2, -0.15) is 13.2 Å². The van der Waals surface area contributed by atoms with Gasteiger partial charge in [-0.15, -0.1) is 0 Å². The van der Waals surface area contributed by atoms with Crippen LogP contribution in [0.3, 0.4) is 0 Å². The summed E-state index contributed by atoms with van der Waals surface area (Å²) in [6.07, 6.45) is 0. The molecular formula is C14H19F2NO2S. The van der Waals surface area contributed by atoms with Crippen molar-refractivity contribution in [1.29, 1.82) is 0 Å². The molecule has 0 heterocycles. The van der Waals surface area contributed by atoms with Gasteiger partial charge in [0.25, 0.3) is 5.92 Å². The monoisotopic (exact) mass is 303 g/mol. The number of aliphatic hydroxyl groups is 1. The molecule has 1 atom stereocenters. The molecule has 0 saturated carbocycles.